The molecule has 0 radical (unpaired) electrons. The van der Waals surface area contributed by atoms with E-state index in [1.165, 1.54) is 6.07 Å². The van der Waals surface area contributed by atoms with Gasteiger partial charge < -0.3 is 0 Å². The van der Waals surface area contributed by atoms with Crippen LogP contribution in [-0.2, 0) is 0 Å². The van der Waals surface area contributed by atoms with Crippen LogP contribution >= 0.6 is 0 Å². The van der Waals surface area contributed by atoms with E-state index in [0.29, 0.717) is 15.7 Å². The lowest BCUT2D eigenvalue weighted by atomic mass is 10.2. The average molecular weight is 163 g/mol. The number of para-hydroxylation sites is 1. The SMILES string of the molecule is O=c1ccn(F)c2ccccc12. The molecule has 3 heteroatoms. The standard InChI is InChI=1S/C9H6FNO/c10-11-6-5-9(12)7-3-1-2-4-8(7)11/h1-6H. The Kier molecular flexibility index (Phi) is 1.43. The summed E-state index contributed by atoms with van der Waals surface area (Å²) < 4.78 is 12.9. The molecule has 0 atom stereocenters. The van der Waals surface area contributed by atoms with Gasteiger partial charge in [-0.3, -0.25) is 4.79 Å². The van der Waals surface area contributed by atoms with Gasteiger partial charge in [-0.25, -0.2) is 0 Å². The van der Waals surface area contributed by atoms with E-state index in [1.807, 2.05) is 0 Å². The van der Waals surface area contributed by atoms with Crippen LogP contribution in [-0.4, -0.2) is 4.79 Å². The molecule has 12 heavy (non-hydrogen) atoms. The highest BCUT2D eigenvalue weighted by Gasteiger charge is 1.99. The van der Waals surface area contributed by atoms with Crippen molar-refractivity contribution < 1.29 is 4.48 Å². The van der Waals surface area contributed by atoms with E-state index in [-0.39, 0.29) is 5.43 Å². The first-order valence-electron chi connectivity index (χ1n) is 3.55. The number of aromatic nitrogens is 1. The van der Waals surface area contributed by atoms with Crippen LogP contribution in [0.2, 0.25) is 0 Å². The molecule has 0 aliphatic rings. The molecule has 1 heterocycles. The lowest BCUT2D eigenvalue weighted by Crippen LogP contribution is -2.02. The maximum Gasteiger partial charge on any atom is 0.189 e. The Hall–Kier alpha value is -1.64. The smallest absolute Gasteiger partial charge is 0.189 e. The molecule has 1 aromatic carbocycles. The van der Waals surface area contributed by atoms with Crippen molar-refractivity contribution in [1.29, 1.82) is 0 Å². The van der Waals surface area contributed by atoms with Crippen molar-refractivity contribution in [3.05, 3.63) is 46.8 Å². The molecule has 0 spiro atoms. The van der Waals surface area contributed by atoms with Crippen molar-refractivity contribution >= 4 is 10.9 Å². The predicted molar refractivity (Wildman–Crippen MR) is 44.7 cm³/mol. The van der Waals surface area contributed by atoms with E-state index in [2.05, 4.69) is 0 Å². The normalized spacial score (nSPS) is 10.4. The summed E-state index contributed by atoms with van der Waals surface area (Å²) in [5, 5.41) is 0.405. The van der Waals surface area contributed by atoms with Gasteiger partial charge in [0.2, 0.25) is 0 Å². The maximum atomic E-state index is 12.9. The topological polar surface area (TPSA) is 22.0 Å². The number of benzene rings is 1. The summed E-state index contributed by atoms with van der Waals surface area (Å²) in [6.07, 6.45) is 1.12. The van der Waals surface area contributed by atoms with E-state index in [4.69, 9.17) is 0 Å². The van der Waals surface area contributed by atoms with Crippen molar-refractivity contribution in [2.24, 2.45) is 0 Å². The molecule has 0 amide bonds. The van der Waals surface area contributed by atoms with Crippen LogP contribution in [0.5, 0.6) is 0 Å². The number of pyridine rings is 1. The van der Waals surface area contributed by atoms with Crippen LogP contribution in [0, 0.1) is 0 Å². The van der Waals surface area contributed by atoms with Gasteiger partial charge in [0.1, 0.15) is 0 Å². The summed E-state index contributed by atoms with van der Waals surface area (Å²) >= 11 is 0. The number of fused-ring (bicyclic) bond motifs is 1. The van der Waals surface area contributed by atoms with E-state index >= 15 is 0 Å². The molecular formula is C9H6FNO. The largest absolute Gasteiger partial charge is 0.289 e. The van der Waals surface area contributed by atoms with Crippen LogP contribution in [0.3, 0.4) is 0 Å². The Morgan fingerprint density at radius 3 is 2.67 bits per heavy atom. The second kappa shape index (κ2) is 2.44. The van der Waals surface area contributed by atoms with E-state index in [9.17, 15) is 9.28 Å². The predicted octanol–water partition coefficient (Wildman–Crippen LogP) is 1.73. The minimum absolute atomic E-state index is 0.153. The molecule has 0 fully saturated rings. The molecule has 0 saturated carbocycles. The van der Waals surface area contributed by atoms with Gasteiger partial charge in [-0.1, -0.05) is 16.6 Å². The fourth-order valence-electron chi connectivity index (χ4n) is 1.17. The minimum atomic E-state index is -0.153. The highest BCUT2D eigenvalue weighted by Crippen LogP contribution is 2.08. The maximum absolute atomic E-state index is 12.9. The van der Waals surface area contributed by atoms with E-state index < -0.39 is 0 Å². The molecule has 0 unspecified atom stereocenters. The third kappa shape index (κ3) is 0.906. The lowest BCUT2D eigenvalue weighted by molar-refractivity contribution is 0.384. The summed E-state index contributed by atoms with van der Waals surface area (Å²) in [5.74, 6) is 0. The van der Waals surface area contributed by atoms with Crippen molar-refractivity contribution in [2.45, 2.75) is 0 Å². The highest BCUT2D eigenvalue weighted by atomic mass is 19.2. The first kappa shape index (κ1) is 7.03. The van der Waals surface area contributed by atoms with Gasteiger partial charge >= 0.3 is 0 Å². The zero-order chi connectivity index (χ0) is 8.55. The molecule has 2 rings (SSSR count). The number of halogens is 1. The van der Waals surface area contributed by atoms with Crippen LogP contribution in [0.1, 0.15) is 0 Å². The Bertz CT molecular complexity index is 475. The molecule has 0 aliphatic heterocycles. The molecule has 60 valence electrons. The van der Waals surface area contributed by atoms with E-state index in [1.54, 1.807) is 24.3 Å². The summed E-state index contributed by atoms with van der Waals surface area (Å²) in [6.45, 7) is 0. The van der Waals surface area contributed by atoms with Gasteiger partial charge in [0.15, 0.2) is 5.43 Å². The van der Waals surface area contributed by atoms with Gasteiger partial charge in [-0.15, -0.1) is 0 Å². The number of hydrogen-bond acceptors (Lipinski definition) is 1. The second-order valence-corrected chi connectivity index (χ2v) is 2.51. The first-order chi connectivity index (χ1) is 5.79. The third-order valence-electron chi connectivity index (χ3n) is 1.76. The van der Waals surface area contributed by atoms with Crippen LogP contribution < -0.4 is 5.43 Å². The zero-order valence-electron chi connectivity index (χ0n) is 6.20. The number of rotatable bonds is 0. The zero-order valence-corrected chi connectivity index (χ0v) is 6.20. The Morgan fingerprint density at radius 2 is 1.92 bits per heavy atom. The van der Waals surface area contributed by atoms with Gasteiger partial charge in [-0.2, -0.15) is 4.79 Å². The van der Waals surface area contributed by atoms with Crippen molar-refractivity contribution in [2.75, 3.05) is 0 Å². The lowest BCUT2D eigenvalue weighted by Gasteiger charge is -1.98. The van der Waals surface area contributed by atoms with Crippen LogP contribution in [0.15, 0.2) is 41.3 Å². The van der Waals surface area contributed by atoms with Gasteiger partial charge in [-0.05, 0) is 12.1 Å². The van der Waals surface area contributed by atoms with E-state index in [0.717, 1.165) is 6.20 Å². The molecule has 2 nitrogen and oxygen atoms in total. The number of nitrogens with zero attached hydrogens (tertiary/aromatic N) is 1. The summed E-state index contributed by atoms with van der Waals surface area (Å²) in [6, 6.07) is 7.79. The molecule has 0 bridgehead atoms. The molecule has 2 aromatic rings. The van der Waals surface area contributed by atoms with Crippen molar-refractivity contribution in [1.82, 2.24) is 4.79 Å². The second-order valence-electron chi connectivity index (χ2n) is 2.51. The molecule has 0 N–H and O–H groups in total. The van der Waals surface area contributed by atoms with Crippen molar-refractivity contribution in [3.8, 4) is 0 Å². The summed E-state index contributed by atoms with van der Waals surface area (Å²) in [4.78, 5) is 11.6. The Balaban J connectivity index is 3.05. The van der Waals surface area contributed by atoms with Gasteiger partial charge in [0.25, 0.3) is 0 Å². The molecule has 0 aliphatic carbocycles. The molecule has 1 aromatic heterocycles. The quantitative estimate of drug-likeness (QED) is 0.579. The highest BCUT2D eigenvalue weighted by molar-refractivity contribution is 5.78. The minimum Gasteiger partial charge on any atom is -0.289 e. The fraction of sp³-hybridized carbons (Fsp3) is 0. The summed E-state index contributed by atoms with van der Waals surface area (Å²) in [5.41, 5.74) is 0.157. The third-order valence-corrected chi connectivity index (χ3v) is 1.76. The molecule has 0 saturated heterocycles. The first-order valence-corrected chi connectivity index (χ1v) is 3.55. The summed E-state index contributed by atoms with van der Waals surface area (Å²) in [7, 11) is 0. The number of hydrogen-bond donors (Lipinski definition) is 0. The van der Waals surface area contributed by atoms with Gasteiger partial charge in [0.05, 0.1) is 5.52 Å². The fourth-order valence-corrected chi connectivity index (χ4v) is 1.17. The van der Waals surface area contributed by atoms with Gasteiger partial charge in [0, 0.05) is 17.6 Å². The Morgan fingerprint density at radius 1 is 1.17 bits per heavy atom. The average Bonchev–Trinajstić information content (AvgIpc) is 2.12. The molecular weight excluding hydrogens is 157 g/mol. The monoisotopic (exact) mass is 163 g/mol. The van der Waals surface area contributed by atoms with Crippen LogP contribution in [0.4, 0.5) is 4.48 Å². The van der Waals surface area contributed by atoms with Crippen LogP contribution in [0.25, 0.3) is 10.9 Å². The Labute approximate surface area is 67.8 Å². The van der Waals surface area contributed by atoms with Crippen molar-refractivity contribution in [3.63, 3.8) is 0 Å².